The van der Waals surface area contributed by atoms with Gasteiger partial charge in [-0.3, -0.25) is 9.82 Å². The minimum atomic E-state index is -2.11. The summed E-state index contributed by atoms with van der Waals surface area (Å²) in [5.74, 6) is 0.665. The average molecular weight is 660 g/mol. The summed E-state index contributed by atoms with van der Waals surface area (Å²) >= 11 is -4.08. The summed E-state index contributed by atoms with van der Waals surface area (Å²) in [7, 11) is 2.90. The zero-order chi connectivity index (χ0) is 32.9. The summed E-state index contributed by atoms with van der Waals surface area (Å²) in [6.45, 7) is 9.69. The molecule has 2 atom stereocenters. The monoisotopic (exact) mass is 659 g/mol. The fourth-order valence-electron chi connectivity index (χ4n) is 4.12. The van der Waals surface area contributed by atoms with Crippen LogP contribution in [0.2, 0.25) is 0 Å². The number of imidazole rings is 1. The number of carbonyl (C=O) groups excluding carboxylic acids is 2. The van der Waals surface area contributed by atoms with E-state index in [0.29, 0.717) is 11.3 Å². The molecule has 0 bridgehead atoms. The summed E-state index contributed by atoms with van der Waals surface area (Å²) < 4.78 is 44.9. The van der Waals surface area contributed by atoms with E-state index in [9.17, 15) is 18.0 Å². The Labute approximate surface area is 265 Å². The maximum absolute atomic E-state index is 13.1. The molecule has 0 aliphatic heterocycles. The molecule has 17 heteroatoms. The number of nitrogens with one attached hydrogen (secondary N) is 7. The Balaban J connectivity index is 1.44. The smallest absolute Gasteiger partial charge is 0.318 e. The number of hydrogen-bond acceptors (Lipinski definition) is 7. The van der Waals surface area contributed by atoms with Gasteiger partial charge in [0.05, 0.1) is 23.1 Å². The number of urea groups is 2. The summed E-state index contributed by atoms with van der Waals surface area (Å²) in [5.41, 5.74) is 3.38. The average Bonchev–Trinajstić information content (AvgIpc) is 3.56. The first kappa shape index (κ1) is 33.3. The van der Waals surface area contributed by atoms with Gasteiger partial charge in [-0.2, -0.15) is 13.1 Å². The number of carbonyl (C=O) groups is 2. The Morgan fingerprint density at radius 3 is 2.16 bits per heavy atom. The highest BCUT2D eigenvalue weighted by atomic mass is 32.2. The lowest BCUT2D eigenvalue weighted by atomic mass is 10.0. The molecule has 45 heavy (non-hydrogen) atoms. The van der Waals surface area contributed by atoms with Gasteiger partial charge in [0.1, 0.15) is 11.5 Å². The molecule has 2 aromatic carbocycles. The fraction of sp³-hybridized carbons (Fsp3) is 0.321. The van der Waals surface area contributed by atoms with Crippen molar-refractivity contribution in [3.05, 3.63) is 65.6 Å². The lowest BCUT2D eigenvalue weighted by Crippen LogP contribution is -2.40. The molecule has 0 radical (unpaired) electrons. The molecule has 2 heterocycles. The second-order valence-electron chi connectivity index (χ2n) is 10.8. The fourth-order valence-corrected chi connectivity index (χ4v) is 5.66. The molecule has 4 rings (SSSR count). The van der Waals surface area contributed by atoms with Crippen LogP contribution in [0.1, 0.15) is 50.6 Å². The summed E-state index contributed by atoms with van der Waals surface area (Å²) in [6.07, 6.45) is 1.72. The normalized spacial score (nSPS) is 12.8. The van der Waals surface area contributed by atoms with Gasteiger partial charge in [0.2, 0.25) is 0 Å². The van der Waals surface area contributed by atoms with Crippen LogP contribution in [0, 0.1) is 6.92 Å². The van der Waals surface area contributed by atoms with E-state index in [2.05, 4.69) is 54.6 Å². The van der Waals surface area contributed by atoms with Crippen molar-refractivity contribution in [3.8, 4) is 11.5 Å². The van der Waals surface area contributed by atoms with Crippen LogP contribution in [-0.2, 0) is 28.1 Å². The van der Waals surface area contributed by atoms with Crippen molar-refractivity contribution >= 4 is 57.3 Å². The quantitative estimate of drug-likeness (QED) is 0.119. The molecule has 0 saturated heterocycles. The van der Waals surface area contributed by atoms with Crippen LogP contribution in [0.3, 0.4) is 0 Å². The zero-order valence-corrected chi connectivity index (χ0v) is 27.5. The summed E-state index contributed by atoms with van der Waals surface area (Å²) in [6, 6.07) is 10.3. The second-order valence-corrected chi connectivity index (χ2v) is 12.5. The van der Waals surface area contributed by atoms with E-state index in [1.807, 2.05) is 24.4 Å². The molecular formula is C28H37N9O6S2. The highest BCUT2D eigenvalue weighted by molar-refractivity contribution is 7.82. The van der Waals surface area contributed by atoms with Crippen LogP contribution in [0.5, 0.6) is 11.5 Å². The maximum atomic E-state index is 13.1. The predicted octanol–water partition coefficient (Wildman–Crippen LogP) is 4.15. The van der Waals surface area contributed by atoms with Gasteiger partial charge in [0.25, 0.3) is 11.3 Å². The van der Waals surface area contributed by atoms with Gasteiger partial charge in [-0.05, 0) is 44.4 Å². The number of rotatable bonds is 12. The number of hydrogen-bond donors (Lipinski definition) is 7. The van der Waals surface area contributed by atoms with Crippen molar-refractivity contribution in [2.45, 2.75) is 46.1 Å². The van der Waals surface area contributed by atoms with E-state index in [1.54, 1.807) is 31.3 Å². The predicted molar refractivity (Wildman–Crippen MR) is 175 cm³/mol. The number of anilines is 3. The molecule has 0 aliphatic rings. The van der Waals surface area contributed by atoms with Gasteiger partial charge in [-0.25, -0.2) is 19.1 Å². The molecule has 15 nitrogen and oxygen atoms in total. The number of aromatic nitrogens is 3. The minimum absolute atomic E-state index is 0.0915. The second kappa shape index (κ2) is 14.0. The molecular weight excluding hydrogens is 622 g/mol. The van der Waals surface area contributed by atoms with Crippen LogP contribution in [0.25, 0.3) is 5.65 Å². The molecule has 0 spiro atoms. The molecule has 0 saturated carbocycles. The maximum Gasteiger partial charge on any atom is 0.318 e. The number of H-pyrrole nitrogens is 1. The number of nitrogens with zero attached hydrogens (tertiary/aromatic N) is 2. The molecule has 0 fully saturated rings. The van der Waals surface area contributed by atoms with Crippen LogP contribution in [0.4, 0.5) is 26.7 Å². The van der Waals surface area contributed by atoms with Crippen LogP contribution >= 0.6 is 0 Å². The van der Waals surface area contributed by atoms with E-state index in [0.717, 1.165) is 17.0 Å². The van der Waals surface area contributed by atoms with Crippen molar-refractivity contribution in [1.82, 2.24) is 30.0 Å². The van der Waals surface area contributed by atoms with Crippen molar-refractivity contribution in [2.24, 2.45) is 0 Å². The van der Waals surface area contributed by atoms with Gasteiger partial charge < -0.3 is 29.6 Å². The summed E-state index contributed by atoms with van der Waals surface area (Å²) in [5, 5.41) is 13.3. The topological polar surface area (TPSA) is 192 Å². The highest BCUT2D eigenvalue weighted by Gasteiger charge is 2.29. The van der Waals surface area contributed by atoms with Gasteiger partial charge in [0, 0.05) is 55.4 Å². The van der Waals surface area contributed by atoms with Crippen molar-refractivity contribution in [2.75, 3.05) is 29.5 Å². The SMILES string of the molecule is CNC(=O)Nc1cc(NC(=O)NC)cc(OS(=O)Nc2ccc(C)c(OS(=O)NC(C)(C)c3cnc4cc(C(C)C)[nH]n34)c2)c1. The van der Waals surface area contributed by atoms with Gasteiger partial charge in [-0.1, -0.05) is 19.9 Å². The molecule has 7 N–H and O–H groups in total. The molecule has 242 valence electrons. The lowest BCUT2D eigenvalue weighted by Gasteiger charge is -2.24. The molecule has 2 aromatic heterocycles. The van der Waals surface area contributed by atoms with Crippen LogP contribution in [-0.4, -0.2) is 49.2 Å². The van der Waals surface area contributed by atoms with Crippen molar-refractivity contribution < 1.29 is 26.4 Å². The lowest BCUT2D eigenvalue weighted by molar-refractivity contribution is 0.253. The van der Waals surface area contributed by atoms with E-state index < -0.39 is 40.1 Å². The van der Waals surface area contributed by atoms with E-state index in [1.165, 1.54) is 32.3 Å². The van der Waals surface area contributed by atoms with E-state index in [4.69, 9.17) is 8.37 Å². The first-order valence-corrected chi connectivity index (χ1v) is 16.0. The Bertz CT molecular complexity index is 1720. The molecule has 2 unspecified atom stereocenters. The van der Waals surface area contributed by atoms with Crippen LogP contribution < -0.4 is 39.1 Å². The Morgan fingerprint density at radius 1 is 0.911 bits per heavy atom. The third-order valence-corrected chi connectivity index (χ3v) is 8.27. The number of amides is 4. The minimum Gasteiger partial charge on any atom is -0.389 e. The number of aromatic amines is 1. The van der Waals surface area contributed by atoms with Gasteiger partial charge >= 0.3 is 23.3 Å². The standard InChI is InChI=1S/C28H37N9O6S2/c1-16(2)22-14-25-31-15-24(37(25)34-22)28(4,5)36-45(41)43-23-13-18(9-8-17(23)3)35-44(40)42-21-11-19(32-26(38)29-6)10-20(12-21)33-27(39)30-7/h8-16,34-36H,1-7H3,(H2,29,32,38)(H2,30,33,39). The molecule has 0 aliphatic carbocycles. The third kappa shape index (κ3) is 8.52. The van der Waals surface area contributed by atoms with Crippen LogP contribution in [0.15, 0.2) is 48.7 Å². The largest absolute Gasteiger partial charge is 0.389 e. The zero-order valence-electron chi connectivity index (χ0n) is 25.9. The number of aryl methyl sites for hydroxylation is 1. The highest BCUT2D eigenvalue weighted by Crippen LogP contribution is 2.28. The Morgan fingerprint density at radius 2 is 1.56 bits per heavy atom. The molecule has 4 amide bonds. The Hall–Kier alpha value is -4.61. The number of fused-ring (bicyclic) bond motifs is 1. The van der Waals surface area contributed by atoms with Crippen molar-refractivity contribution in [1.29, 1.82) is 0 Å². The van der Waals surface area contributed by atoms with E-state index >= 15 is 0 Å². The van der Waals surface area contributed by atoms with E-state index in [-0.39, 0.29) is 28.8 Å². The first-order chi connectivity index (χ1) is 21.3. The summed E-state index contributed by atoms with van der Waals surface area (Å²) in [4.78, 5) is 28.1. The van der Waals surface area contributed by atoms with Gasteiger partial charge in [0.15, 0.2) is 5.65 Å². The number of benzene rings is 2. The Kier molecular flexibility index (Phi) is 10.4. The molecule has 4 aromatic rings. The van der Waals surface area contributed by atoms with Gasteiger partial charge in [-0.15, -0.1) is 0 Å². The van der Waals surface area contributed by atoms with Crippen molar-refractivity contribution in [3.63, 3.8) is 0 Å². The third-order valence-electron chi connectivity index (χ3n) is 6.52. The first-order valence-electron chi connectivity index (χ1n) is 13.8.